The van der Waals surface area contributed by atoms with E-state index < -0.39 is 5.82 Å². The second kappa shape index (κ2) is 4.61. The highest BCUT2D eigenvalue weighted by Crippen LogP contribution is 2.23. The summed E-state index contributed by atoms with van der Waals surface area (Å²) in [5.41, 5.74) is 2.29. The largest absolute Gasteiger partial charge is 0.364 e. The number of nitrogens with zero attached hydrogens (tertiary/aromatic N) is 2. The Morgan fingerprint density at radius 1 is 1.44 bits per heavy atom. The SMILES string of the molecule is CC(Nc1nc(NN)ncc1F)C(C)(C)C. The van der Waals surface area contributed by atoms with Gasteiger partial charge in [0.05, 0.1) is 6.20 Å². The van der Waals surface area contributed by atoms with E-state index >= 15 is 0 Å². The minimum atomic E-state index is -0.491. The molecule has 0 bridgehead atoms. The van der Waals surface area contributed by atoms with Gasteiger partial charge in [-0.1, -0.05) is 20.8 Å². The standard InChI is InChI=1S/C10H18FN5/c1-6(10(2,3)4)14-8-7(11)5-13-9(15-8)16-12/h5-6H,12H2,1-4H3,(H2,13,14,15,16). The molecule has 0 spiro atoms. The zero-order valence-corrected chi connectivity index (χ0v) is 10.0. The molecule has 16 heavy (non-hydrogen) atoms. The van der Waals surface area contributed by atoms with E-state index in [2.05, 4.69) is 41.5 Å². The highest BCUT2D eigenvalue weighted by molar-refractivity contribution is 5.41. The van der Waals surface area contributed by atoms with Crippen LogP contribution in [0, 0.1) is 11.2 Å². The monoisotopic (exact) mass is 227 g/mol. The number of hydrogen-bond donors (Lipinski definition) is 3. The van der Waals surface area contributed by atoms with Crippen LogP contribution in [0.15, 0.2) is 6.20 Å². The van der Waals surface area contributed by atoms with Crippen molar-refractivity contribution in [3.05, 3.63) is 12.0 Å². The van der Waals surface area contributed by atoms with Crippen LogP contribution in [0.25, 0.3) is 0 Å². The Labute approximate surface area is 94.6 Å². The summed E-state index contributed by atoms with van der Waals surface area (Å²) >= 11 is 0. The molecule has 1 rings (SSSR count). The van der Waals surface area contributed by atoms with E-state index in [0.717, 1.165) is 6.20 Å². The number of rotatable bonds is 3. The summed E-state index contributed by atoms with van der Waals surface area (Å²) in [4.78, 5) is 7.58. The van der Waals surface area contributed by atoms with Crippen molar-refractivity contribution in [1.82, 2.24) is 9.97 Å². The highest BCUT2D eigenvalue weighted by atomic mass is 19.1. The van der Waals surface area contributed by atoms with Gasteiger partial charge < -0.3 is 5.32 Å². The summed E-state index contributed by atoms with van der Waals surface area (Å²) in [6.45, 7) is 8.15. The summed E-state index contributed by atoms with van der Waals surface area (Å²) in [6, 6.07) is 0.0718. The van der Waals surface area contributed by atoms with E-state index in [4.69, 9.17) is 5.84 Å². The van der Waals surface area contributed by atoms with Crippen molar-refractivity contribution in [3.63, 3.8) is 0 Å². The van der Waals surface area contributed by atoms with Gasteiger partial charge in [-0.05, 0) is 12.3 Å². The average Bonchev–Trinajstić information content (AvgIpc) is 2.19. The fraction of sp³-hybridized carbons (Fsp3) is 0.600. The summed E-state index contributed by atoms with van der Waals surface area (Å²) in [6.07, 6.45) is 1.08. The number of aromatic nitrogens is 2. The second-order valence-corrected chi connectivity index (χ2v) is 4.77. The lowest BCUT2D eigenvalue weighted by Gasteiger charge is -2.28. The Hall–Kier alpha value is -1.43. The van der Waals surface area contributed by atoms with Crippen molar-refractivity contribution in [3.8, 4) is 0 Å². The molecule has 6 heteroatoms. The van der Waals surface area contributed by atoms with Crippen LogP contribution in [-0.4, -0.2) is 16.0 Å². The number of nitrogens with one attached hydrogen (secondary N) is 2. The van der Waals surface area contributed by atoms with Crippen LogP contribution in [-0.2, 0) is 0 Å². The van der Waals surface area contributed by atoms with Gasteiger partial charge in [-0.25, -0.2) is 15.2 Å². The third-order valence-corrected chi connectivity index (χ3v) is 2.53. The van der Waals surface area contributed by atoms with Gasteiger partial charge in [0, 0.05) is 6.04 Å². The molecule has 0 aromatic carbocycles. The lowest BCUT2D eigenvalue weighted by atomic mass is 9.88. The Morgan fingerprint density at radius 3 is 2.56 bits per heavy atom. The maximum Gasteiger partial charge on any atom is 0.239 e. The Balaban J connectivity index is 2.88. The molecular formula is C10H18FN5. The third-order valence-electron chi connectivity index (χ3n) is 2.53. The van der Waals surface area contributed by atoms with Crippen molar-refractivity contribution in [2.24, 2.45) is 11.3 Å². The van der Waals surface area contributed by atoms with Gasteiger partial charge >= 0.3 is 0 Å². The van der Waals surface area contributed by atoms with Crippen molar-refractivity contribution in [2.75, 3.05) is 10.7 Å². The van der Waals surface area contributed by atoms with Crippen LogP contribution < -0.4 is 16.6 Å². The molecule has 1 heterocycles. The van der Waals surface area contributed by atoms with E-state index in [1.54, 1.807) is 0 Å². The molecule has 0 saturated carbocycles. The van der Waals surface area contributed by atoms with Gasteiger partial charge in [-0.15, -0.1) is 0 Å². The van der Waals surface area contributed by atoms with Gasteiger partial charge in [0.15, 0.2) is 11.6 Å². The van der Waals surface area contributed by atoms with E-state index in [-0.39, 0.29) is 23.2 Å². The maximum atomic E-state index is 13.4. The van der Waals surface area contributed by atoms with Crippen molar-refractivity contribution >= 4 is 11.8 Å². The number of hydrogen-bond acceptors (Lipinski definition) is 5. The van der Waals surface area contributed by atoms with E-state index in [9.17, 15) is 4.39 Å². The lowest BCUT2D eigenvalue weighted by Crippen LogP contribution is -2.31. The van der Waals surface area contributed by atoms with Crippen LogP contribution >= 0.6 is 0 Å². The van der Waals surface area contributed by atoms with Gasteiger partial charge in [-0.3, -0.25) is 5.43 Å². The first-order chi connectivity index (χ1) is 7.34. The minimum Gasteiger partial charge on any atom is -0.364 e. The molecule has 0 aliphatic heterocycles. The lowest BCUT2D eigenvalue weighted by molar-refractivity contribution is 0.357. The highest BCUT2D eigenvalue weighted by Gasteiger charge is 2.21. The van der Waals surface area contributed by atoms with Crippen molar-refractivity contribution in [2.45, 2.75) is 33.7 Å². The normalized spacial score (nSPS) is 13.4. The number of nitrogen functional groups attached to an aromatic ring is 1. The molecule has 0 aliphatic carbocycles. The second-order valence-electron chi connectivity index (χ2n) is 4.77. The van der Waals surface area contributed by atoms with Gasteiger partial charge in [0.1, 0.15) is 0 Å². The number of hydrazine groups is 1. The summed E-state index contributed by atoms with van der Waals surface area (Å²) < 4.78 is 13.4. The summed E-state index contributed by atoms with van der Waals surface area (Å²) in [7, 11) is 0. The molecule has 1 atom stereocenters. The molecule has 1 aromatic rings. The van der Waals surface area contributed by atoms with Crippen molar-refractivity contribution in [1.29, 1.82) is 0 Å². The minimum absolute atomic E-state index is 0.00764. The Morgan fingerprint density at radius 2 is 2.06 bits per heavy atom. The third kappa shape index (κ3) is 3.03. The van der Waals surface area contributed by atoms with E-state index in [1.165, 1.54) is 0 Å². The topological polar surface area (TPSA) is 75.9 Å². The molecule has 5 nitrogen and oxygen atoms in total. The van der Waals surface area contributed by atoms with Crippen LogP contribution in [0.2, 0.25) is 0 Å². The molecule has 1 unspecified atom stereocenters. The molecule has 90 valence electrons. The Bertz CT molecular complexity index is 361. The summed E-state index contributed by atoms with van der Waals surface area (Å²) in [5.74, 6) is 5.01. The predicted molar refractivity (Wildman–Crippen MR) is 62.3 cm³/mol. The molecule has 0 saturated heterocycles. The van der Waals surface area contributed by atoms with Gasteiger partial charge in [0.25, 0.3) is 0 Å². The molecule has 0 aliphatic rings. The quantitative estimate of drug-likeness (QED) is 0.541. The first-order valence-corrected chi connectivity index (χ1v) is 5.10. The molecule has 4 N–H and O–H groups in total. The number of halogens is 1. The zero-order valence-electron chi connectivity index (χ0n) is 10.0. The summed E-state index contributed by atoms with van der Waals surface area (Å²) in [5, 5.41) is 3.00. The average molecular weight is 227 g/mol. The fourth-order valence-corrected chi connectivity index (χ4v) is 0.959. The van der Waals surface area contributed by atoms with E-state index in [0.29, 0.717) is 0 Å². The van der Waals surface area contributed by atoms with E-state index in [1.807, 2.05) is 6.92 Å². The smallest absolute Gasteiger partial charge is 0.239 e. The fourth-order valence-electron chi connectivity index (χ4n) is 0.959. The van der Waals surface area contributed by atoms with Gasteiger partial charge in [0.2, 0.25) is 5.95 Å². The first kappa shape index (κ1) is 12.6. The van der Waals surface area contributed by atoms with Crippen LogP contribution in [0.1, 0.15) is 27.7 Å². The first-order valence-electron chi connectivity index (χ1n) is 5.10. The molecule has 1 aromatic heterocycles. The molecule has 0 fully saturated rings. The van der Waals surface area contributed by atoms with Crippen LogP contribution in [0.5, 0.6) is 0 Å². The Kier molecular flexibility index (Phi) is 3.64. The molecular weight excluding hydrogens is 209 g/mol. The number of anilines is 2. The van der Waals surface area contributed by atoms with Gasteiger partial charge in [-0.2, -0.15) is 4.98 Å². The predicted octanol–water partition coefficient (Wildman–Crippen LogP) is 1.75. The zero-order chi connectivity index (χ0) is 12.3. The number of nitrogens with two attached hydrogens (primary N) is 1. The van der Waals surface area contributed by atoms with Crippen LogP contribution in [0.4, 0.5) is 16.2 Å². The molecule has 0 amide bonds. The molecule has 0 radical (unpaired) electrons. The maximum absolute atomic E-state index is 13.4. The van der Waals surface area contributed by atoms with Crippen molar-refractivity contribution < 1.29 is 4.39 Å². The van der Waals surface area contributed by atoms with Crippen LogP contribution in [0.3, 0.4) is 0 Å².